The molecule has 1 atom stereocenters. The molecule has 1 aliphatic carbocycles. The van der Waals surface area contributed by atoms with Crippen LogP contribution in [0.4, 0.5) is 17.6 Å². The number of halogens is 4. The van der Waals surface area contributed by atoms with Gasteiger partial charge >= 0.3 is 5.97 Å². The van der Waals surface area contributed by atoms with Gasteiger partial charge in [0.25, 0.3) is 0 Å². The molecule has 4 rings (SSSR count). The Bertz CT molecular complexity index is 1270. The minimum absolute atomic E-state index is 0.0192. The molecule has 196 valence electrons. The van der Waals surface area contributed by atoms with E-state index < -0.39 is 52.8 Å². The summed E-state index contributed by atoms with van der Waals surface area (Å²) in [6.07, 6.45) is 1.68. The Morgan fingerprint density at radius 2 is 1.57 bits per heavy atom. The summed E-state index contributed by atoms with van der Waals surface area (Å²) in [7, 11) is 0. The number of carbonyl (C=O) groups is 1. The molecule has 2 N–H and O–H groups in total. The summed E-state index contributed by atoms with van der Waals surface area (Å²) in [5, 5.41) is 19.4. The number of aliphatic hydroxyl groups excluding tert-OH is 1. The van der Waals surface area contributed by atoms with E-state index in [-0.39, 0.29) is 17.0 Å². The number of rotatable bonds is 7. The Morgan fingerprint density at radius 1 is 0.892 bits per heavy atom. The largest absolute Gasteiger partial charge is 0.505 e. The van der Waals surface area contributed by atoms with Gasteiger partial charge < -0.3 is 14.9 Å². The average molecular weight is 517 g/mol. The molecule has 1 unspecified atom stereocenters. The Morgan fingerprint density at radius 3 is 2.22 bits per heavy atom. The smallest absolute Gasteiger partial charge is 0.341 e. The van der Waals surface area contributed by atoms with Gasteiger partial charge in [-0.3, -0.25) is 0 Å². The highest BCUT2D eigenvalue weighted by Crippen LogP contribution is 2.37. The summed E-state index contributed by atoms with van der Waals surface area (Å²) in [6.45, 7) is 1.95. The van der Waals surface area contributed by atoms with E-state index in [2.05, 4.69) is 0 Å². The highest BCUT2D eigenvalue weighted by molar-refractivity contribution is 5.90. The number of hydrogen-bond acceptors (Lipinski definition) is 4. The third-order valence-electron chi connectivity index (χ3n) is 6.95. The molecule has 1 fully saturated rings. The van der Waals surface area contributed by atoms with Crippen LogP contribution in [0.2, 0.25) is 0 Å². The highest BCUT2D eigenvalue weighted by atomic mass is 19.2. The topological polar surface area (TPSA) is 66.8 Å². The lowest BCUT2D eigenvalue weighted by atomic mass is 9.82. The van der Waals surface area contributed by atoms with Crippen molar-refractivity contribution >= 4 is 5.97 Å². The Labute approximate surface area is 212 Å². The molecule has 3 aromatic carbocycles. The number of hydrogen-bond donors (Lipinski definition) is 2. The fraction of sp³-hybridized carbons (Fsp3) is 0.345. The van der Waals surface area contributed by atoms with E-state index in [1.807, 2.05) is 6.92 Å². The van der Waals surface area contributed by atoms with E-state index >= 15 is 0 Å². The molecule has 0 aliphatic heterocycles. The van der Waals surface area contributed by atoms with E-state index in [0.29, 0.717) is 43.2 Å². The fourth-order valence-corrected chi connectivity index (χ4v) is 4.83. The van der Waals surface area contributed by atoms with Crippen molar-refractivity contribution in [2.24, 2.45) is 0 Å². The van der Waals surface area contributed by atoms with Crippen molar-refractivity contribution in [2.45, 2.75) is 63.6 Å². The van der Waals surface area contributed by atoms with Gasteiger partial charge in [0.1, 0.15) is 6.10 Å². The Hall–Kier alpha value is -3.39. The van der Waals surface area contributed by atoms with Crippen LogP contribution in [-0.4, -0.2) is 22.3 Å². The molecular formula is C29H28F4O4. The second kappa shape index (κ2) is 11.3. The zero-order chi connectivity index (χ0) is 26.7. The van der Waals surface area contributed by atoms with E-state index in [9.17, 15) is 32.6 Å². The predicted octanol–water partition coefficient (Wildman–Crippen LogP) is 7.33. The Balaban J connectivity index is 1.41. The molecule has 1 saturated carbocycles. The number of carbonyl (C=O) groups excluding carboxylic acids is 1. The normalized spacial score (nSPS) is 18.4. The van der Waals surface area contributed by atoms with Gasteiger partial charge in [-0.05, 0) is 66.8 Å². The van der Waals surface area contributed by atoms with E-state index in [4.69, 9.17) is 4.74 Å². The van der Waals surface area contributed by atoms with Crippen molar-refractivity contribution in [1.29, 1.82) is 0 Å². The van der Waals surface area contributed by atoms with Crippen molar-refractivity contribution in [2.75, 3.05) is 0 Å². The van der Waals surface area contributed by atoms with Gasteiger partial charge in [-0.2, -0.15) is 4.39 Å². The minimum Gasteiger partial charge on any atom is -0.505 e. The van der Waals surface area contributed by atoms with Crippen LogP contribution in [0.5, 0.6) is 5.75 Å². The molecule has 0 aromatic heterocycles. The number of benzene rings is 3. The molecule has 0 heterocycles. The quantitative estimate of drug-likeness (QED) is 0.255. The second-order valence-corrected chi connectivity index (χ2v) is 9.40. The lowest BCUT2D eigenvalue weighted by Crippen LogP contribution is -2.25. The highest BCUT2D eigenvalue weighted by Gasteiger charge is 2.29. The van der Waals surface area contributed by atoms with Crippen LogP contribution in [-0.2, 0) is 4.74 Å². The van der Waals surface area contributed by atoms with Crippen molar-refractivity contribution in [1.82, 2.24) is 0 Å². The maximum absolute atomic E-state index is 14.9. The monoisotopic (exact) mass is 516 g/mol. The number of esters is 1. The van der Waals surface area contributed by atoms with Crippen LogP contribution in [0.3, 0.4) is 0 Å². The first-order chi connectivity index (χ1) is 17.7. The zero-order valence-corrected chi connectivity index (χ0v) is 20.3. The summed E-state index contributed by atoms with van der Waals surface area (Å²) < 4.78 is 63.0. The van der Waals surface area contributed by atoms with Gasteiger partial charge in [-0.1, -0.05) is 49.7 Å². The first-order valence-corrected chi connectivity index (χ1v) is 12.4. The molecule has 8 heteroatoms. The lowest BCUT2D eigenvalue weighted by molar-refractivity contribution is 0.0188. The number of phenolic OH excluding ortho intramolecular Hbond substituents is 1. The van der Waals surface area contributed by atoms with Gasteiger partial charge in [0.05, 0.1) is 11.7 Å². The second-order valence-electron chi connectivity index (χ2n) is 9.40. The molecule has 1 aliphatic rings. The van der Waals surface area contributed by atoms with Crippen molar-refractivity contribution in [3.63, 3.8) is 0 Å². The Kier molecular flexibility index (Phi) is 8.17. The SMILES string of the molecule is CCCC(O)c1ccc(-c2ccc(C(=O)OC3CCC(c4ccc(O)c(F)c4F)CC3)c(F)c2F)cc1. The van der Waals surface area contributed by atoms with Crippen LogP contribution < -0.4 is 0 Å². The third-order valence-corrected chi connectivity index (χ3v) is 6.95. The number of phenols is 1. The van der Waals surface area contributed by atoms with Gasteiger partial charge in [0.2, 0.25) is 5.82 Å². The summed E-state index contributed by atoms with van der Waals surface area (Å²) in [6, 6.07) is 11.4. The van der Waals surface area contributed by atoms with E-state index in [0.717, 1.165) is 12.5 Å². The van der Waals surface area contributed by atoms with Crippen LogP contribution in [0.25, 0.3) is 11.1 Å². The maximum atomic E-state index is 14.9. The van der Waals surface area contributed by atoms with Gasteiger partial charge in [0.15, 0.2) is 23.2 Å². The fourth-order valence-electron chi connectivity index (χ4n) is 4.83. The minimum atomic E-state index is -1.31. The number of aliphatic hydroxyl groups is 1. The standard InChI is InChI=1S/C29H28F4O4/c1-2-3-23(34)18-6-4-16(5-7-18)20-12-13-22(27(32)25(20)30)29(36)37-19-10-8-17(9-11-19)21-14-15-24(35)28(33)26(21)31/h4-7,12-15,17,19,23,34-35H,2-3,8-11H2,1H3. The van der Waals surface area contributed by atoms with E-state index in [1.165, 1.54) is 18.2 Å². The van der Waals surface area contributed by atoms with Gasteiger partial charge in [0, 0.05) is 5.56 Å². The van der Waals surface area contributed by atoms with Crippen molar-refractivity contribution < 1.29 is 37.3 Å². The van der Waals surface area contributed by atoms with Gasteiger partial charge in [-0.25, -0.2) is 18.0 Å². The molecule has 0 saturated heterocycles. The summed E-state index contributed by atoms with van der Waals surface area (Å²) >= 11 is 0. The average Bonchev–Trinajstić information content (AvgIpc) is 2.90. The number of aromatic hydroxyl groups is 1. The maximum Gasteiger partial charge on any atom is 0.341 e. The summed E-state index contributed by atoms with van der Waals surface area (Å²) in [5.74, 6) is -6.94. The molecule has 3 aromatic rings. The molecule has 4 nitrogen and oxygen atoms in total. The van der Waals surface area contributed by atoms with Crippen LogP contribution >= 0.6 is 0 Å². The first kappa shape index (κ1) is 26.7. The third kappa shape index (κ3) is 5.64. The molecule has 0 radical (unpaired) electrons. The number of ether oxygens (including phenoxy) is 1. The summed E-state index contributed by atoms with van der Waals surface area (Å²) in [5.41, 5.74) is 0.690. The van der Waals surface area contributed by atoms with Gasteiger partial charge in [-0.15, -0.1) is 0 Å². The van der Waals surface area contributed by atoms with E-state index in [1.54, 1.807) is 24.3 Å². The van der Waals surface area contributed by atoms with Crippen LogP contribution in [0.15, 0.2) is 48.5 Å². The molecular weight excluding hydrogens is 488 g/mol. The predicted molar refractivity (Wildman–Crippen MR) is 130 cm³/mol. The van der Waals surface area contributed by atoms with Crippen molar-refractivity contribution in [3.05, 3.63) is 88.5 Å². The lowest BCUT2D eigenvalue weighted by Gasteiger charge is -2.29. The van der Waals surface area contributed by atoms with Crippen LogP contribution in [0, 0.1) is 23.3 Å². The zero-order valence-electron chi connectivity index (χ0n) is 20.3. The molecule has 37 heavy (non-hydrogen) atoms. The first-order valence-electron chi connectivity index (χ1n) is 12.4. The molecule has 0 bridgehead atoms. The molecule has 0 amide bonds. The molecule has 0 spiro atoms. The van der Waals surface area contributed by atoms with Crippen LogP contribution in [0.1, 0.15) is 79.0 Å². The van der Waals surface area contributed by atoms with Crippen molar-refractivity contribution in [3.8, 4) is 16.9 Å². The summed E-state index contributed by atoms with van der Waals surface area (Å²) in [4.78, 5) is 12.6.